The molecule has 2 rings (SSSR count). The van der Waals surface area contributed by atoms with E-state index in [4.69, 9.17) is 4.42 Å². The molecule has 124 valence electrons. The minimum absolute atomic E-state index is 0.0661. The molecule has 2 heterocycles. The van der Waals surface area contributed by atoms with Crippen molar-refractivity contribution < 1.29 is 17.6 Å². The third-order valence-electron chi connectivity index (χ3n) is 2.97. The van der Waals surface area contributed by atoms with E-state index in [1.807, 2.05) is 13.8 Å². The van der Waals surface area contributed by atoms with Crippen molar-refractivity contribution in [1.82, 2.24) is 20.5 Å². The van der Waals surface area contributed by atoms with Crippen molar-refractivity contribution in [3.8, 4) is 0 Å². The zero-order valence-electron chi connectivity index (χ0n) is 13.1. The highest BCUT2D eigenvalue weighted by Gasteiger charge is 2.25. The summed E-state index contributed by atoms with van der Waals surface area (Å²) in [6.45, 7) is 3.94. The average Bonchev–Trinajstić information content (AvgIpc) is 2.97. The Morgan fingerprint density at radius 1 is 1.35 bits per heavy atom. The summed E-state index contributed by atoms with van der Waals surface area (Å²) in [4.78, 5) is 16.1. The number of pyridine rings is 1. The monoisotopic (exact) mass is 338 g/mol. The first-order chi connectivity index (χ1) is 10.8. The van der Waals surface area contributed by atoms with Crippen molar-refractivity contribution in [1.29, 1.82) is 0 Å². The molecule has 0 fully saturated rings. The maximum Gasteiger partial charge on any atom is 0.335 e. The fraction of sp³-hybridized carbons (Fsp3) is 0.429. The van der Waals surface area contributed by atoms with Gasteiger partial charge in [0, 0.05) is 18.6 Å². The van der Waals surface area contributed by atoms with E-state index in [-0.39, 0.29) is 17.7 Å². The van der Waals surface area contributed by atoms with E-state index in [1.165, 1.54) is 6.20 Å². The van der Waals surface area contributed by atoms with E-state index >= 15 is 0 Å². The first-order valence-electron chi connectivity index (χ1n) is 7.01. The van der Waals surface area contributed by atoms with Gasteiger partial charge in [-0.15, -0.1) is 5.10 Å². The second-order valence-electron chi connectivity index (χ2n) is 5.58. The Hall–Kier alpha value is -2.29. The van der Waals surface area contributed by atoms with E-state index in [0.717, 1.165) is 6.26 Å². The number of rotatable bonds is 6. The van der Waals surface area contributed by atoms with Crippen LogP contribution in [0, 0.1) is 5.92 Å². The zero-order valence-corrected chi connectivity index (χ0v) is 13.9. The molecule has 1 amide bonds. The van der Waals surface area contributed by atoms with Crippen LogP contribution in [-0.2, 0) is 9.84 Å². The second-order valence-corrected chi connectivity index (χ2v) is 7.47. The number of nitrogens with one attached hydrogen (secondary N) is 1. The number of carbonyl (C=O) groups is 1. The molecule has 2 aromatic heterocycles. The highest BCUT2D eigenvalue weighted by atomic mass is 32.2. The Balaban J connectivity index is 2.24. The van der Waals surface area contributed by atoms with Crippen LogP contribution in [0.2, 0.25) is 0 Å². The minimum Gasteiger partial charge on any atom is -0.410 e. The van der Waals surface area contributed by atoms with Crippen LogP contribution >= 0.6 is 0 Å². The van der Waals surface area contributed by atoms with Crippen LogP contribution in [0.3, 0.4) is 0 Å². The fourth-order valence-corrected chi connectivity index (χ4v) is 2.37. The maximum atomic E-state index is 12.3. The van der Waals surface area contributed by atoms with Gasteiger partial charge in [-0.1, -0.05) is 18.9 Å². The summed E-state index contributed by atoms with van der Waals surface area (Å²) >= 11 is 0. The van der Waals surface area contributed by atoms with Crippen molar-refractivity contribution in [2.45, 2.75) is 31.5 Å². The number of carbonyl (C=O) groups excluding carboxylic acids is 1. The Morgan fingerprint density at radius 2 is 2.09 bits per heavy atom. The molecule has 9 heteroatoms. The topological polar surface area (TPSA) is 115 Å². The highest BCUT2D eigenvalue weighted by molar-refractivity contribution is 7.90. The van der Waals surface area contributed by atoms with Gasteiger partial charge in [0.15, 0.2) is 0 Å². The summed E-state index contributed by atoms with van der Waals surface area (Å²) in [5.74, 6) is -0.0537. The summed E-state index contributed by atoms with van der Waals surface area (Å²) in [5, 5.41) is 9.60. The first-order valence-corrected chi connectivity index (χ1v) is 8.91. The van der Waals surface area contributed by atoms with Gasteiger partial charge in [-0.3, -0.25) is 9.78 Å². The van der Waals surface area contributed by atoms with Crippen molar-refractivity contribution in [3.63, 3.8) is 0 Å². The van der Waals surface area contributed by atoms with Crippen LogP contribution in [-0.4, -0.2) is 35.8 Å². The van der Waals surface area contributed by atoms with Crippen molar-refractivity contribution in [2.75, 3.05) is 6.26 Å². The fourth-order valence-electron chi connectivity index (χ4n) is 1.94. The number of nitrogens with zero attached hydrogens (tertiary/aromatic N) is 3. The van der Waals surface area contributed by atoms with Crippen LogP contribution in [0.4, 0.5) is 0 Å². The molecule has 0 aliphatic carbocycles. The molecule has 0 saturated heterocycles. The lowest BCUT2D eigenvalue weighted by atomic mass is 10.0. The number of hydrogen-bond donors (Lipinski definition) is 1. The molecule has 0 aliphatic heterocycles. The Kier molecular flexibility index (Phi) is 5.09. The molecule has 0 radical (unpaired) electrons. The lowest BCUT2D eigenvalue weighted by molar-refractivity contribution is 0.0923. The third kappa shape index (κ3) is 4.59. The van der Waals surface area contributed by atoms with Gasteiger partial charge in [0.1, 0.15) is 6.04 Å². The predicted octanol–water partition coefficient (Wildman–Crippen LogP) is 1.39. The second kappa shape index (κ2) is 6.86. The molecule has 0 bridgehead atoms. The lowest BCUT2D eigenvalue weighted by Gasteiger charge is -2.17. The van der Waals surface area contributed by atoms with Gasteiger partial charge in [-0.2, -0.15) is 0 Å². The predicted molar refractivity (Wildman–Crippen MR) is 81.3 cm³/mol. The number of hydrogen-bond acceptors (Lipinski definition) is 7. The lowest BCUT2D eigenvalue weighted by Crippen LogP contribution is -2.29. The van der Waals surface area contributed by atoms with Crippen LogP contribution in [0.5, 0.6) is 0 Å². The van der Waals surface area contributed by atoms with Crippen molar-refractivity contribution >= 4 is 15.7 Å². The van der Waals surface area contributed by atoms with Gasteiger partial charge < -0.3 is 9.73 Å². The molecule has 0 spiro atoms. The zero-order chi connectivity index (χ0) is 17.0. The van der Waals surface area contributed by atoms with E-state index in [1.54, 1.807) is 18.3 Å². The Morgan fingerprint density at radius 3 is 2.61 bits per heavy atom. The van der Waals surface area contributed by atoms with E-state index in [0.29, 0.717) is 12.0 Å². The summed E-state index contributed by atoms with van der Waals surface area (Å²) in [5.41, 5.74) is 0.393. The Labute approximate surface area is 134 Å². The molecule has 0 unspecified atom stereocenters. The van der Waals surface area contributed by atoms with E-state index in [9.17, 15) is 13.2 Å². The summed E-state index contributed by atoms with van der Waals surface area (Å²) < 4.78 is 28.1. The molecule has 1 atom stereocenters. The quantitative estimate of drug-likeness (QED) is 0.846. The summed E-state index contributed by atoms with van der Waals surface area (Å²) in [6, 6.07) is 2.71. The minimum atomic E-state index is -3.59. The molecule has 0 aliphatic rings. The van der Waals surface area contributed by atoms with Crippen LogP contribution in [0.15, 0.2) is 34.2 Å². The summed E-state index contributed by atoms with van der Waals surface area (Å²) in [6.07, 6.45) is 4.52. The van der Waals surface area contributed by atoms with Gasteiger partial charge >= 0.3 is 5.22 Å². The first kappa shape index (κ1) is 17.1. The normalized spacial score (nSPS) is 13.0. The molecule has 8 nitrogen and oxygen atoms in total. The van der Waals surface area contributed by atoms with Gasteiger partial charge in [0.05, 0.1) is 5.56 Å². The van der Waals surface area contributed by atoms with Gasteiger partial charge in [-0.05, 0) is 24.5 Å². The highest BCUT2D eigenvalue weighted by Crippen LogP contribution is 2.22. The van der Waals surface area contributed by atoms with Crippen LogP contribution in [0.1, 0.15) is 42.6 Å². The molecular formula is C14H18N4O4S. The molecule has 2 aromatic rings. The van der Waals surface area contributed by atoms with E-state index in [2.05, 4.69) is 20.5 Å². The smallest absolute Gasteiger partial charge is 0.335 e. The number of amides is 1. The molecule has 1 N–H and O–H groups in total. The van der Waals surface area contributed by atoms with Crippen LogP contribution in [0.25, 0.3) is 0 Å². The molecule has 0 saturated carbocycles. The third-order valence-corrected chi connectivity index (χ3v) is 3.77. The number of sulfone groups is 1. The van der Waals surface area contributed by atoms with Crippen molar-refractivity contribution in [3.05, 3.63) is 36.0 Å². The standard InChI is InChI=1S/C14H18N4O4S/c1-9(2)7-11(13-17-18-14(22-13)23(3,20)21)16-12(19)10-5-4-6-15-8-10/h4-6,8-9,11H,7H2,1-3H3,(H,16,19)/t11-/m0/s1. The Bertz CT molecular complexity index is 771. The largest absolute Gasteiger partial charge is 0.410 e. The molecular weight excluding hydrogens is 320 g/mol. The van der Waals surface area contributed by atoms with Gasteiger partial charge in [0.25, 0.3) is 5.91 Å². The van der Waals surface area contributed by atoms with E-state index < -0.39 is 21.1 Å². The van der Waals surface area contributed by atoms with Gasteiger partial charge in [0.2, 0.25) is 15.7 Å². The maximum absolute atomic E-state index is 12.3. The van der Waals surface area contributed by atoms with Crippen molar-refractivity contribution in [2.24, 2.45) is 5.92 Å². The number of aromatic nitrogens is 3. The SMILES string of the molecule is CC(C)C[C@H](NC(=O)c1cccnc1)c1nnc(S(C)(=O)=O)o1. The molecule has 23 heavy (non-hydrogen) atoms. The molecule has 0 aromatic carbocycles. The average molecular weight is 338 g/mol. The summed E-state index contributed by atoms with van der Waals surface area (Å²) in [7, 11) is -3.59. The van der Waals surface area contributed by atoms with Crippen LogP contribution < -0.4 is 5.32 Å². The van der Waals surface area contributed by atoms with Gasteiger partial charge in [-0.25, -0.2) is 8.42 Å².